The number of halogens is 3. The van der Waals surface area contributed by atoms with Crippen LogP contribution in [0.3, 0.4) is 0 Å². The van der Waals surface area contributed by atoms with E-state index in [9.17, 15) is 4.79 Å². The monoisotopic (exact) mass is 230 g/mol. The van der Waals surface area contributed by atoms with Crippen LogP contribution in [0.25, 0.3) is 0 Å². The Labute approximate surface area is 90.5 Å². The molecule has 0 heterocycles. The van der Waals surface area contributed by atoms with Gasteiger partial charge in [-0.15, -0.1) is 0 Å². The SMILES string of the molecule is CC.CCNC(=O)C(Cl)(Cl)Cl.[B]. The predicted molar refractivity (Wildman–Crippen MR) is 56.1 cm³/mol. The Balaban J connectivity index is -0.000000249. The van der Waals surface area contributed by atoms with Gasteiger partial charge in [0.2, 0.25) is 0 Å². The molecule has 0 aromatic carbocycles. The van der Waals surface area contributed by atoms with Gasteiger partial charge in [-0.2, -0.15) is 0 Å². The normalized spacial score (nSPS) is 8.83. The van der Waals surface area contributed by atoms with Gasteiger partial charge in [0.25, 0.3) is 9.70 Å². The maximum atomic E-state index is 10.6. The second-order valence-electron chi connectivity index (χ2n) is 1.36. The van der Waals surface area contributed by atoms with Crippen molar-refractivity contribution in [2.75, 3.05) is 6.54 Å². The summed E-state index contributed by atoms with van der Waals surface area (Å²) in [7, 11) is 0. The molecule has 71 valence electrons. The Kier molecular flexibility index (Phi) is 14.4. The summed E-state index contributed by atoms with van der Waals surface area (Å²) in [5.74, 6) is -0.588. The zero-order valence-electron chi connectivity index (χ0n) is 7.33. The lowest BCUT2D eigenvalue weighted by Crippen LogP contribution is -2.34. The van der Waals surface area contributed by atoms with Crippen molar-refractivity contribution in [1.29, 1.82) is 0 Å². The summed E-state index contributed by atoms with van der Waals surface area (Å²) in [6, 6.07) is 0. The van der Waals surface area contributed by atoms with Crippen molar-refractivity contribution < 1.29 is 4.79 Å². The van der Waals surface area contributed by atoms with Crippen LogP contribution in [0, 0.1) is 0 Å². The Bertz CT molecular complexity index is 116. The Hall–Kier alpha value is 0.405. The lowest BCUT2D eigenvalue weighted by Gasteiger charge is -2.08. The van der Waals surface area contributed by atoms with E-state index in [0.717, 1.165) is 0 Å². The summed E-state index contributed by atoms with van der Waals surface area (Å²) < 4.78 is -1.82. The minimum Gasteiger partial charge on any atom is -0.353 e. The van der Waals surface area contributed by atoms with Crippen LogP contribution >= 0.6 is 34.8 Å². The largest absolute Gasteiger partial charge is 0.353 e. The van der Waals surface area contributed by atoms with Gasteiger partial charge in [-0.3, -0.25) is 4.79 Å². The molecule has 0 rings (SSSR count). The predicted octanol–water partition coefficient (Wildman–Crippen LogP) is 2.14. The summed E-state index contributed by atoms with van der Waals surface area (Å²) in [6.07, 6.45) is 0. The first-order valence-corrected chi connectivity index (χ1v) is 4.47. The molecule has 1 amide bonds. The minimum atomic E-state index is -1.82. The quantitative estimate of drug-likeness (QED) is 0.543. The molecule has 12 heavy (non-hydrogen) atoms. The Morgan fingerprint density at radius 2 is 1.67 bits per heavy atom. The molecule has 0 aromatic rings. The van der Waals surface area contributed by atoms with Crippen LogP contribution in [0.5, 0.6) is 0 Å². The third kappa shape index (κ3) is 10.4. The first-order valence-electron chi connectivity index (χ1n) is 3.33. The highest BCUT2D eigenvalue weighted by molar-refractivity contribution is 6.76. The average molecular weight is 231 g/mol. The van der Waals surface area contributed by atoms with Gasteiger partial charge in [0, 0.05) is 15.0 Å². The molecule has 0 aliphatic rings. The molecule has 0 unspecified atom stereocenters. The lowest BCUT2D eigenvalue weighted by molar-refractivity contribution is -0.120. The number of nitrogens with one attached hydrogen (secondary N) is 1. The summed E-state index contributed by atoms with van der Waals surface area (Å²) in [6.45, 7) is 6.21. The van der Waals surface area contributed by atoms with Crippen molar-refractivity contribution in [2.24, 2.45) is 0 Å². The van der Waals surface area contributed by atoms with Crippen molar-refractivity contribution in [3.63, 3.8) is 0 Å². The summed E-state index contributed by atoms with van der Waals surface area (Å²) in [4.78, 5) is 10.6. The molecule has 0 bridgehead atoms. The van der Waals surface area contributed by atoms with Gasteiger partial charge in [0.15, 0.2) is 0 Å². The number of carbonyl (C=O) groups excluding carboxylic acids is 1. The number of hydrogen-bond donors (Lipinski definition) is 1. The van der Waals surface area contributed by atoms with Gasteiger partial charge in [-0.25, -0.2) is 0 Å². The first kappa shape index (κ1) is 18.2. The fourth-order valence-electron chi connectivity index (χ4n) is 0.261. The summed E-state index contributed by atoms with van der Waals surface area (Å²) >= 11 is 15.5. The fraction of sp³-hybridized carbons (Fsp3) is 0.833. The minimum absolute atomic E-state index is 0. The van der Waals surface area contributed by atoms with E-state index in [1.807, 2.05) is 13.8 Å². The van der Waals surface area contributed by atoms with Crippen molar-refractivity contribution in [2.45, 2.75) is 24.6 Å². The van der Waals surface area contributed by atoms with Gasteiger partial charge in [0.05, 0.1) is 0 Å². The highest BCUT2D eigenvalue weighted by atomic mass is 35.6. The number of rotatable bonds is 1. The standard InChI is InChI=1S/C4H6Cl3NO.C2H6.B/c1-2-8-3(9)4(5,6)7;1-2;/h2H2,1H3,(H,8,9);1-2H3;. The van der Waals surface area contributed by atoms with Crippen molar-refractivity contribution >= 4 is 49.1 Å². The number of amides is 1. The van der Waals surface area contributed by atoms with Crippen LogP contribution in [-0.4, -0.2) is 24.7 Å². The van der Waals surface area contributed by atoms with Crippen molar-refractivity contribution in [1.82, 2.24) is 5.32 Å². The van der Waals surface area contributed by atoms with Crippen LogP contribution < -0.4 is 5.32 Å². The molecule has 0 aliphatic carbocycles. The molecule has 0 atom stereocenters. The van der Waals surface area contributed by atoms with E-state index in [0.29, 0.717) is 6.54 Å². The second kappa shape index (κ2) is 9.49. The molecular weight excluding hydrogens is 219 g/mol. The van der Waals surface area contributed by atoms with Crippen LogP contribution in [0.4, 0.5) is 0 Å². The number of carbonyl (C=O) groups is 1. The molecule has 0 aliphatic heterocycles. The van der Waals surface area contributed by atoms with Crippen LogP contribution in [-0.2, 0) is 4.79 Å². The topological polar surface area (TPSA) is 29.1 Å². The Morgan fingerprint density at radius 1 is 1.33 bits per heavy atom. The molecule has 1 N–H and O–H groups in total. The molecule has 2 nitrogen and oxygen atoms in total. The highest BCUT2D eigenvalue weighted by Crippen LogP contribution is 2.25. The average Bonchev–Trinajstić information content (AvgIpc) is 1.91. The lowest BCUT2D eigenvalue weighted by atomic mass is 10.6. The van der Waals surface area contributed by atoms with E-state index >= 15 is 0 Å². The van der Waals surface area contributed by atoms with Gasteiger partial charge in [0.1, 0.15) is 0 Å². The third-order valence-corrected chi connectivity index (χ3v) is 1.11. The van der Waals surface area contributed by atoms with Crippen molar-refractivity contribution in [3.8, 4) is 0 Å². The van der Waals surface area contributed by atoms with E-state index < -0.39 is 9.70 Å². The van der Waals surface area contributed by atoms with E-state index in [1.54, 1.807) is 6.92 Å². The van der Waals surface area contributed by atoms with E-state index in [2.05, 4.69) is 5.32 Å². The van der Waals surface area contributed by atoms with Crippen molar-refractivity contribution in [3.05, 3.63) is 0 Å². The van der Waals surface area contributed by atoms with E-state index in [-0.39, 0.29) is 8.41 Å². The van der Waals surface area contributed by atoms with Gasteiger partial charge < -0.3 is 5.32 Å². The molecule has 0 saturated heterocycles. The third-order valence-electron chi connectivity index (χ3n) is 0.595. The maximum Gasteiger partial charge on any atom is 0.272 e. The molecule has 0 saturated carbocycles. The van der Waals surface area contributed by atoms with Gasteiger partial charge in [-0.05, 0) is 6.92 Å². The molecule has 3 radical (unpaired) electrons. The van der Waals surface area contributed by atoms with Gasteiger partial charge in [-0.1, -0.05) is 48.7 Å². The summed E-state index contributed by atoms with van der Waals surface area (Å²) in [5, 5.41) is 2.35. The first-order chi connectivity index (χ1) is 4.98. The van der Waals surface area contributed by atoms with Crippen LogP contribution in [0.2, 0.25) is 0 Å². The van der Waals surface area contributed by atoms with E-state index in [4.69, 9.17) is 34.8 Å². The smallest absolute Gasteiger partial charge is 0.272 e. The van der Waals surface area contributed by atoms with E-state index in [1.165, 1.54) is 0 Å². The number of alkyl halides is 3. The molecule has 0 aromatic heterocycles. The Morgan fingerprint density at radius 3 is 1.75 bits per heavy atom. The maximum absolute atomic E-state index is 10.6. The number of hydrogen-bond acceptors (Lipinski definition) is 1. The zero-order valence-corrected chi connectivity index (χ0v) is 9.59. The fourth-order valence-corrected chi connectivity index (χ4v) is 0.461. The molecular formula is C6H12BCl3NO. The molecule has 0 spiro atoms. The van der Waals surface area contributed by atoms with Crippen LogP contribution in [0.1, 0.15) is 20.8 Å². The zero-order chi connectivity index (χ0) is 9.49. The second-order valence-corrected chi connectivity index (χ2v) is 3.64. The van der Waals surface area contributed by atoms with Gasteiger partial charge >= 0.3 is 0 Å². The highest BCUT2D eigenvalue weighted by Gasteiger charge is 2.29. The summed E-state index contributed by atoms with van der Waals surface area (Å²) in [5.41, 5.74) is 0. The van der Waals surface area contributed by atoms with Crippen LogP contribution in [0.15, 0.2) is 0 Å². The molecule has 6 heteroatoms. The molecule has 0 fully saturated rings.